The molecule has 42 nitrogen and oxygen atoms in total. The lowest BCUT2D eigenvalue weighted by Crippen LogP contribution is -2.40. The summed E-state index contributed by atoms with van der Waals surface area (Å²) < 4.78 is 22.7. The van der Waals surface area contributed by atoms with Crippen LogP contribution in [0.25, 0.3) is 55.8 Å². The molecule has 15 rings (SSSR count). The zero-order valence-corrected chi connectivity index (χ0v) is 73.1. The fourth-order valence-electron chi connectivity index (χ4n) is 16.3. The summed E-state index contributed by atoms with van der Waals surface area (Å²) in [5, 5.41) is 43.6. The third kappa shape index (κ3) is 22.0. The first-order valence-corrected chi connectivity index (χ1v) is 42.6. The molecule has 0 radical (unpaired) electrons. The number of imidazole rings is 5. The average Bonchev–Trinajstić information content (AvgIpc) is 1.59. The molecule has 0 aromatic carbocycles. The largest absolute Gasteiger partial charge is 0.393 e. The highest BCUT2D eigenvalue weighted by molar-refractivity contribution is 5.93. The van der Waals surface area contributed by atoms with Crippen molar-refractivity contribution in [2.24, 2.45) is 35.2 Å². The molecular formula is C85H142N26O16. The predicted molar refractivity (Wildman–Crippen MR) is 499 cm³/mol. The quantitative estimate of drug-likeness (QED) is 0.0414. The molecule has 10 aromatic rings. The summed E-state index contributed by atoms with van der Waals surface area (Å²) >= 11 is 0. The van der Waals surface area contributed by atoms with Crippen molar-refractivity contribution in [1.82, 2.24) is 98.3 Å². The minimum Gasteiger partial charge on any atom is -0.393 e. The molecule has 0 saturated heterocycles. The number of aromatic nitrogens is 20. The maximum absolute atomic E-state index is 13.0. The molecule has 10 aromatic heterocycles. The van der Waals surface area contributed by atoms with Gasteiger partial charge in [-0.1, -0.05) is 43.6 Å². The molecule has 2 amide bonds. The predicted octanol–water partition coefficient (Wildman–Crippen LogP) is 4.19. The summed E-state index contributed by atoms with van der Waals surface area (Å²) in [6.07, 6.45) is 12.2. The van der Waals surface area contributed by atoms with E-state index in [1.54, 1.807) is 77.0 Å². The van der Waals surface area contributed by atoms with Gasteiger partial charge in [-0.3, -0.25) is 93.6 Å². The zero-order valence-electron chi connectivity index (χ0n) is 73.1. The van der Waals surface area contributed by atoms with Crippen LogP contribution in [-0.4, -0.2) is 215 Å². The number of anilines is 5. The Kier molecular flexibility index (Phi) is 37.1. The fraction of sp³-hybridized carbons (Fsp3) is 0.682. The molecule has 127 heavy (non-hydrogen) atoms. The summed E-state index contributed by atoms with van der Waals surface area (Å²) in [5.74, 6) is 2.67. The van der Waals surface area contributed by atoms with Crippen LogP contribution in [0.3, 0.4) is 0 Å². The number of aryl methyl sites for hydroxylation is 8. The first-order chi connectivity index (χ1) is 58.0. The van der Waals surface area contributed by atoms with E-state index in [9.17, 15) is 78.0 Å². The SMILES string of the molecule is C.C.C.C.C.CC(=O)N1CCCn2c1nc1c2c(=O)n(CCCC[C@@H](C)O)c(=O)n1C.CC(=O)N1CCn2c1nc1c2c(=O)n(CCCC[C@@H](C)N(C)C)c(=O)n1C.C[C@@H](O)CCCCn1c(=O)c2c(nc3n2CCN3C)n(C)c1=O.C[C@H](O)CCCCn1c(=O)c2c(nc3n2CCCN3)n(C)c1=O.C[C@H](O)CCCCn1c(=O)c2nc3n(c2n(C)c1=O)CCCN3. The molecule has 0 fully saturated rings. The number of nitrogens with one attached hydrogen (secondary N) is 2. The van der Waals surface area contributed by atoms with E-state index in [0.29, 0.717) is 202 Å². The first-order valence-electron chi connectivity index (χ1n) is 42.6. The Morgan fingerprint density at radius 3 is 1.05 bits per heavy atom. The van der Waals surface area contributed by atoms with Gasteiger partial charge in [-0.15, -0.1) is 0 Å². The fourth-order valence-corrected chi connectivity index (χ4v) is 16.3. The van der Waals surface area contributed by atoms with Gasteiger partial charge in [0, 0.05) is 160 Å². The number of nitrogens with zero attached hydrogens (tertiary/aromatic N) is 24. The maximum Gasteiger partial charge on any atom is 0.332 e. The van der Waals surface area contributed by atoms with Gasteiger partial charge in [0.2, 0.25) is 41.6 Å². The van der Waals surface area contributed by atoms with E-state index in [1.807, 2.05) is 39.7 Å². The minimum atomic E-state index is -0.413. The van der Waals surface area contributed by atoms with Gasteiger partial charge < -0.3 is 59.1 Å². The van der Waals surface area contributed by atoms with Gasteiger partial charge in [-0.2, -0.15) is 19.9 Å². The number of carbonyl (C=O) groups is 2. The summed E-state index contributed by atoms with van der Waals surface area (Å²) in [7, 11) is 14.2. The second-order valence-electron chi connectivity index (χ2n) is 33.1. The number of likely N-dealkylation sites (N-methyl/N-ethyl adjacent to an activating group) is 1. The molecule has 0 spiro atoms. The monoisotopic (exact) mass is 1780 g/mol. The number of fused-ring (bicyclic) bond motifs is 15. The topological polar surface area (TPSA) is 461 Å². The van der Waals surface area contributed by atoms with Crippen LogP contribution >= 0.6 is 0 Å². The Morgan fingerprint density at radius 1 is 0.354 bits per heavy atom. The van der Waals surface area contributed by atoms with E-state index in [1.165, 1.54) is 64.4 Å². The Hall–Kier alpha value is -11.1. The number of hydrogen-bond donors (Lipinski definition) is 6. The molecule has 6 N–H and O–H groups in total. The molecule has 15 heterocycles. The lowest BCUT2D eigenvalue weighted by atomic mass is 10.1. The highest BCUT2D eigenvalue weighted by atomic mass is 16.3. The summed E-state index contributed by atoms with van der Waals surface area (Å²) in [4.78, 5) is 180. The molecule has 0 bridgehead atoms. The van der Waals surface area contributed by atoms with Gasteiger partial charge in [-0.25, -0.2) is 29.0 Å². The van der Waals surface area contributed by atoms with Crippen LogP contribution in [0.1, 0.15) is 201 Å². The average molecular weight is 1780 g/mol. The zero-order chi connectivity index (χ0) is 88.7. The van der Waals surface area contributed by atoms with E-state index in [-0.39, 0.29) is 118 Å². The number of carbonyl (C=O) groups excluding carboxylic acids is 2. The number of aliphatic hydroxyl groups excluding tert-OH is 4. The van der Waals surface area contributed by atoms with Crippen molar-refractivity contribution in [2.75, 3.05) is 79.2 Å². The van der Waals surface area contributed by atoms with Crippen LogP contribution in [-0.2, 0) is 110 Å². The molecule has 708 valence electrons. The van der Waals surface area contributed by atoms with Crippen molar-refractivity contribution >= 4 is 97.4 Å². The molecule has 0 unspecified atom stereocenters. The first kappa shape index (κ1) is 105. The van der Waals surface area contributed by atoms with E-state index in [2.05, 4.69) is 47.4 Å². The van der Waals surface area contributed by atoms with E-state index in [4.69, 9.17) is 0 Å². The van der Waals surface area contributed by atoms with Crippen LogP contribution in [0.5, 0.6) is 0 Å². The summed E-state index contributed by atoms with van der Waals surface area (Å²) in [6.45, 7) is 20.6. The van der Waals surface area contributed by atoms with Crippen LogP contribution in [0.15, 0.2) is 47.9 Å². The summed E-state index contributed by atoms with van der Waals surface area (Å²) in [5.41, 5.74) is 0.883. The molecular weight excluding hydrogens is 1640 g/mol. The van der Waals surface area contributed by atoms with Crippen molar-refractivity contribution in [2.45, 2.75) is 297 Å². The number of hydrogen-bond acceptors (Lipinski definition) is 25. The van der Waals surface area contributed by atoms with Gasteiger partial charge in [0.05, 0.1) is 24.4 Å². The smallest absolute Gasteiger partial charge is 0.332 e. The molecule has 0 saturated carbocycles. The molecule has 42 heteroatoms. The number of amides is 2. The minimum absolute atomic E-state index is 0. The van der Waals surface area contributed by atoms with Crippen molar-refractivity contribution in [3.8, 4) is 0 Å². The van der Waals surface area contributed by atoms with E-state index in [0.717, 1.165) is 103 Å². The molecule has 0 aliphatic carbocycles. The van der Waals surface area contributed by atoms with Crippen LogP contribution in [0.4, 0.5) is 29.7 Å². The van der Waals surface area contributed by atoms with Gasteiger partial charge in [-0.05, 0) is 158 Å². The highest BCUT2D eigenvalue weighted by Gasteiger charge is 2.33. The van der Waals surface area contributed by atoms with Gasteiger partial charge in [0.25, 0.3) is 27.8 Å². The van der Waals surface area contributed by atoms with Gasteiger partial charge in [0.15, 0.2) is 55.8 Å². The van der Waals surface area contributed by atoms with E-state index < -0.39 is 11.8 Å². The van der Waals surface area contributed by atoms with Crippen molar-refractivity contribution in [1.29, 1.82) is 0 Å². The van der Waals surface area contributed by atoms with Crippen molar-refractivity contribution in [3.63, 3.8) is 0 Å². The van der Waals surface area contributed by atoms with Crippen LogP contribution in [0.2, 0.25) is 0 Å². The normalized spacial score (nSPS) is 14.7. The van der Waals surface area contributed by atoms with E-state index >= 15 is 0 Å². The lowest BCUT2D eigenvalue weighted by Gasteiger charge is -2.25. The second kappa shape index (κ2) is 45.0. The Bertz CT molecular complexity index is 6060. The maximum atomic E-state index is 13.0. The Labute approximate surface area is 738 Å². The third-order valence-corrected chi connectivity index (χ3v) is 23.5. The van der Waals surface area contributed by atoms with Crippen molar-refractivity contribution in [3.05, 3.63) is 104 Å². The highest BCUT2D eigenvalue weighted by Crippen LogP contribution is 2.29. The molecule has 5 aliphatic heterocycles. The lowest BCUT2D eigenvalue weighted by molar-refractivity contribution is -0.117. The standard InChI is InChI=1S/C18H28N6O3.C17H25N5O4.3C15H23N5O3.5CH4/c1-12(20(3)4)8-6-7-9-24-16(26)14-15(21(5)18(24)27)19-17-22(13(2)25)10-11-23(14)17;1-11(23)7-4-5-8-22-15(25)13-14(19(3)17(22)26)18-16-20(12(2)24)9-6-10-21(13)16;1-10(21)6-4-5-7-20-13(22)11-12(18(3)15(20)23)16-14-17(2)8-9-19(11)14;1-10(21)6-3-4-8-20-13(22)11-12(18(2)15(20)23)17-14-16-7-5-9-19(11)14;1-10(21)6-3-4-8-20-13(22)11-12(18(2)15(20)23)19-9-5-7-16-14(19)17-11;;;;;/h12H,6-11H2,1-5H3;11,23H,4-10H2,1-3H3;10,21H,4-9H2,1-3H3;2*10,21H,3-9H2,1-2H3,(H,16,17);5*1H4/t12-;11-;3*10-;;;;;/m11100...../s1. The molecule has 5 atom stereocenters. The van der Waals surface area contributed by atoms with Crippen LogP contribution in [0, 0.1) is 0 Å². The Morgan fingerprint density at radius 2 is 0.661 bits per heavy atom. The summed E-state index contributed by atoms with van der Waals surface area (Å²) in [6, 6.07) is 0.461. The number of rotatable bonds is 26. The number of unbranched alkanes of at least 4 members (excludes halogenated alkanes) is 5. The number of aliphatic hydroxyl groups is 4. The van der Waals surface area contributed by atoms with Gasteiger partial charge >= 0.3 is 28.4 Å². The second-order valence-corrected chi connectivity index (χ2v) is 33.1. The Balaban J connectivity index is 0.000000243. The van der Waals surface area contributed by atoms with Crippen LogP contribution < -0.4 is 81.6 Å². The molecule has 5 aliphatic rings. The third-order valence-electron chi connectivity index (χ3n) is 23.5. The van der Waals surface area contributed by atoms with Crippen molar-refractivity contribution < 1.29 is 30.0 Å². The van der Waals surface area contributed by atoms with Gasteiger partial charge in [0.1, 0.15) is 0 Å².